The van der Waals surface area contributed by atoms with Crippen molar-refractivity contribution in [3.8, 4) is 0 Å². The molecule has 1 saturated carbocycles. The summed E-state index contributed by atoms with van der Waals surface area (Å²) in [4.78, 5) is 32.6. The molecule has 2 amide bonds. The molecule has 0 aromatic carbocycles. The maximum atomic E-state index is 11.4. The highest BCUT2D eigenvalue weighted by Crippen LogP contribution is 2.31. The minimum absolute atomic E-state index is 0.208. The van der Waals surface area contributed by atoms with E-state index in [9.17, 15) is 14.4 Å². The molecular weight excluding hydrogens is 226 g/mol. The van der Waals surface area contributed by atoms with E-state index in [1.807, 2.05) is 0 Å². The molecule has 1 rings (SSSR count). The number of carboxylic acid groups (broad SMARTS) is 1. The van der Waals surface area contributed by atoms with Crippen LogP contribution in [0.5, 0.6) is 0 Å². The van der Waals surface area contributed by atoms with E-state index < -0.39 is 24.0 Å². The van der Waals surface area contributed by atoms with Gasteiger partial charge in [0.15, 0.2) is 0 Å². The first-order valence-electron chi connectivity index (χ1n) is 5.45. The summed E-state index contributed by atoms with van der Waals surface area (Å²) >= 11 is 0. The van der Waals surface area contributed by atoms with Crippen molar-refractivity contribution in [3.63, 3.8) is 0 Å². The molecule has 0 saturated heterocycles. The number of aliphatic carboxylic acids is 1. The summed E-state index contributed by atoms with van der Waals surface area (Å²) in [5, 5.41) is 12.9. The highest BCUT2D eigenvalue weighted by Gasteiger charge is 2.34. The summed E-state index contributed by atoms with van der Waals surface area (Å²) in [7, 11) is 0. The Bertz CT molecular complexity index is 326. The van der Waals surface area contributed by atoms with Gasteiger partial charge in [0.2, 0.25) is 11.8 Å². The van der Waals surface area contributed by atoms with E-state index in [4.69, 9.17) is 10.8 Å². The quantitative estimate of drug-likeness (QED) is 0.456. The normalized spacial score (nSPS) is 16.8. The fourth-order valence-electron chi connectivity index (χ4n) is 1.61. The molecule has 0 spiro atoms. The van der Waals surface area contributed by atoms with E-state index in [1.54, 1.807) is 0 Å². The molecule has 7 heteroatoms. The van der Waals surface area contributed by atoms with Gasteiger partial charge in [-0.05, 0) is 19.3 Å². The van der Waals surface area contributed by atoms with Crippen LogP contribution in [-0.2, 0) is 14.4 Å². The molecule has 7 nitrogen and oxygen atoms in total. The lowest BCUT2D eigenvalue weighted by Crippen LogP contribution is -2.50. The number of rotatable bonds is 6. The van der Waals surface area contributed by atoms with Crippen molar-refractivity contribution in [1.82, 2.24) is 10.6 Å². The lowest BCUT2D eigenvalue weighted by Gasteiger charge is -2.37. The summed E-state index contributed by atoms with van der Waals surface area (Å²) in [6.07, 6.45) is 2.89. The summed E-state index contributed by atoms with van der Waals surface area (Å²) in [5.41, 5.74) is 5.45. The molecule has 0 aromatic rings. The lowest BCUT2D eigenvalue weighted by molar-refractivity contribution is -0.137. The fraction of sp³-hybridized carbons (Fsp3) is 0.700. The van der Waals surface area contributed by atoms with Crippen LogP contribution >= 0.6 is 0 Å². The summed E-state index contributed by atoms with van der Waals surface area (Å²) in [6, 6.07) is 0. The first-order chi connectivity index (χ1) is 7.91. The van der Waals surface area contributed by atoms with Crippen LogP contribution in [0, 0.1) is 0 Å². The lowest BCUT2D eigenvalue weighted by atomic mass is 9.75. The fourth-order valence-corrected chi connectivity index (χ4v) is 1.61. The van der Waals surface area contributed by atoms with Gasteiger partial charge in [-0.25, -0.2) is 0 Å². The van der Waals surface area contributed by atoms with Gasteiger partial charge in [0.1, 0.15) is 6.54 Å². The third-order valence-corrected chi connectivity index (χ3v) is 2.74. The summed E-state index contributed by atoms with van der Waals surface area (Å²) < 4.78 is 0. The third-order valence-electron chi connectivity index (χ3n) is 2.74. The van der Waals surface area contributed by atoms with Gasteiger partial charge in [-0.3, -0.25) is 14.4 Å². The summed E-state index contributed by atoms with van der Waals surface area (Å²) in [6.45, 7) is -0.669. The summed E-state index contributed by atoms with van der Waals surface area (Å²) in [5.74, 6) is -1.93. The Kier molecular flexibility index (Phi) is 4.45. The molecule has 17 heavy (non-hydrogen) atoms. The average Bonchev–Trinajstić information content (AvgIpc) is 2.21. The number of amides is 2. The Morgan fingerprint density at radius 2 is 1.71 bits per heavy atom. The Morgan fingerprint density at radius 3 is 2.18 bits per heavy atom. The Hall–Kier alpha value is -1.63. The number of carbonyl (C=O) groups excluding carboxylic acids is 2. The minimum Gasteiger partial charge on any atom is -0.480 e. The number of nitrogens with two attached hydrogens (primary N) is 1. The van der Waals surface area contributed by atoms with Crippen molar-refractivity contribution < 1.29 is 19.5 Å². The van der Waals surface area contributed by atoms with E-state index in [1.165, 1.54) is 0 Å². The van der Waals surface area contributed by atoms with E-state index in [0.717, 1.165) is 19.3 Å². The predicted octanol–water partition coefficient (Wildman–Crippen LogP) is -1.43. The second-order valence-electron chi connectivity index (χ2n) is 4.34. The van der Waals surface area contributed by atoms with Crippen molar-refractivity contribution in [2.24, 2.45) is 5.73 Å². The van der Waals surface area contributed by atoms with Crippen LogP contribution in [0.15, 0.2) is 0 Å². The molecule has 1 aliphatic rings. The zero-order valence-electron chi connectivity index (χ0n) is 9.49. The van der Waals surface area contributed by atoms with Gasteiger partial charge < -0.3 is 21.5 Å². The van der Waals surface area contributed by atoms with Crippen molar-refractivity contribution in [1.29, 1.82) is 0 Å². The molecule has 96 valence electrons. The molecule has 1 fully saturated rings. The van der Waals surface area contributed by atoms with Gasteiger partial charge >= 0.3 is 5.97 Å². The Morgan fingerprint density at radius 1 is 1.12 bits per heavy atom. The second kappa shape index (κ2) is 5.62. The van der Waals surface area contributed by atoms with Crippen LogP contribution in [0.2, 0.25) is 0 Å². The van der Waals surface area contributed by atoms with Gasteiger partial charge in [0.05, 0.1) is 6.54 Å². The number of hydrogen-bond acceptors (Lipinski definition) is 4. The minimum atomic E-state index is -1.12. The highest BCUT2D eigenvalue weighted by molar-refractivity contribution is 5.87. The van der Waals surface area contributed by atoms with Gasteiger partial charge in [-0.15, -0.1) is 0 Å². The number of carboxylic acids is 1. The molecule has 1 aliphatic carbocycles. The molecule has 0 unspecified atom stereocenters. The topological polar surface area (TPSA) is 122 Å². The van der Waals surface area contributed by atoms with Crippen molar-refractivity contribution in [2.45, 2.75) is 31.2 Å². The molecule has 0 aliphatic heterocycles. The van der Waals surface area contributed by atoms with E-state index in [-0.39, 0.29) is 18.9 Å². The SMILES string of the molecule is NC1(CC(=O)NCC(=O)NCC(=O)O)CCC1. The van der Waals surface area contributed by atoms with E-state index in [2.05, 4.69) is 10.6 Å². The van der Waals surface area contributed by atoms with Crippen LogP contribution in [-0.4, -0.2) is 41.5 Å². The predicted molar refractivity (Wildman–Crippen MR) is 59.0 cm³/mol. The standard InChI is InChI=1S/C10H17N3O4/c11-10(2-1-3-10)4-7(14)12-5-8(15)13-6-9(16)17/h1-6,11H2,(H,12,14)(H,13,15)(H,16,17). The van der Waals surface area contributed by atoms with Crippen LogP contribution in [0.1, 0.15) is 25.7 Å². The van der Waals surface area contributed by atoms with Crippen LogP contribution < -0.4 is 16.4 Å². The Labute approximate surface area is 98.7 Å². The maximum absolute atomic E-state index is 11.4. The van der Waals surface area contributed by atoms with E-state index in [0.29, 0.717) is 0 Å². The van der Waals surface area contributed by atoms with Crippen LogP contribution in [0.25, 0.3) is 0 Å². The first-order valence-corrected chi connectivity index (χ1v) is 5.45. The zero-order valence-corrected chi connectivity index (χ0v) is 9.49. The maximum Gasteiger partial charge on any atom is 0.322 e. The molecule has 0 heterocycles. The average molecular weight is 243 g/mol. The van der Waals surface area contributed by atoms with Gasteiger partial charge in [-0.1, -0.05) is 0 Å². The molecule has 0 radical (unpaired) electrons. The monoisotopic (exact) mass is 243 g/mol. The number of carbonyl (C=O) groups is 3. The van der Waals surface area contributed by atoms with Gasteiger partial charge in [0, 0.05) is 12.0 Å². The van der Waals surface area contributed by atoms with Crippen molar-refractivity contribution in [2.75, 3.05) is 13.1 Å². The largest absolute Gasteiger partial charge is 0.480 e. The number of hydrogen-bond donors (Lipinski definition) is 4. The molecule has 5 N–H and O–H groups in total. The molecular formula is C10H17N3O4. The van der Waals surface area contributed by atoms with Gasteiger partial charge in [0.25, 0.3) is 0 Å². The molecule has 0 aromatic heterocycles. The van der Waals surface area contributed by atoms with E-state index >= 15 is 0 Å². The first kappa shape index (κ1) is 13.4. The zero-order chi connectivity index (χ0) is 12.9. The molecule has 0 atom stereocenters. The smallest absolute Gasteiger partial charge is 0.322 e. The molecule has 0 bridgehead atoms. The highest BCUT2D eigenvalue weighted by atomic mass is 16.4. The third kappa shape index (κ3) is 4.81. The second-order valence-corrected chi connectivity index (χ2v) is 4.34. The van der Waals surface area contributed by atoms with Crippen LogP contribution in [0.4, 0.5) is 0 Å². The number of nitrogens with one attached hydrogen (secondary N) is 2. The van der Waals surface area contributed by atoms with Gasteiger partial charge in [-0.2, -0.15) is 0 Å². The Balaban J connectivity index is 2.14. The van der Waals surface area contributed by atoms with Crippen molar-refractivity contribution >= 4 is 17.8 Å². The van der Waals surface area contributed by atoms with Crippen molar-refractivity contribution in [3.05, 3.63) is 0 Å². The van der Waals surface area contributed by atoms with Crippen LogP contribution in [0.3, 0.4) is 0 Å².